The minimum Gasteiger partial charge on any atom is -0.488 e. The van der Waals surface area contributed by atoms with Gasteiger partial charge in [0.05, 0.1) is 4.91 Å². The zero-order chi connectivity index (χ0) is 20.3. The number of benzene rings is 2. The third-order valence-corrected chi connectivity index (χ3v) is 5.57. The largest absolute Gasteiger partial charge is 0.488 e. The molecule has 1 heterocycles. The van der Waals surface area contributed by atoms with Gasteiger partial charge in [0.25, 0.3) is 5.91 Å². The number of ether oxygens (including phenoxy) is 1. The molecule has 9 heteroatoms. The number of amides is 1. The summed E-state index contributed by atoms with van der Waals surface area (Å²) in [5, 5.41) is 9.53. The number of halogens is 1. The number of nitrogens with zero attached hydrogens (tertiary/aromatic N) is 1. The second-order valence-corrected chi connectivity index (χ2v) is 7.92. The number of carboxylic acids is 1. The van der Waals surface area contributed by atoms with Gasteiger partial charge < -0.3 is 9.84 Å². The Kier molecular flexibility index (Phi) is 6.44. The van der Waals surface area contributed by atoms with Gasteiger partial charge in [-0.25, -0.2) is 0 Å². The molecule has 0 unspecified atom stereocenters. The summed E-state index contributed by atoms with van der Waals surface area (Å²) in [5.74, 6) is -1.08. The van der Waals surface area contributed by atoms with Crippen molar-refractivity contribution in [2.75, 3.05) is 6.54 Å². The molecule has 0 spiro atoms. The normalized spacial score (nSPS) is 15.3. The second kappa shape index (κ2) is 8.81. The molecule has 0 saturated carbocycles. The van der Waals surface area contributed by atoms with E-state index in [1.54, 1.807) is 30.3 Å². The summed E-state index contributed by atoms with van der Waals surface area (Å²) in [6.45, 7) is -0.237. The monoisotopic (exact) mass is 429 g/mol. The van der Waals surface area contributed by atoms with Crippen LogP contribution in [0.15, 0.2) is 47.4 Å². The van der Waals surface area contributed by atoms with Gasteiger partial charge in [-0.3, -0.25) is 14.5 Å². The fraction of sp³-hybridized carbons (Fsp3) is 0.105. The molecule has 1 saturated heterocycles. The fourth-order valence-corrected chi connectivity index (χ4v) is 3.93. The maximum Gasteiger partial charge on any atom is 0.323 e. The summed E-state index contributed by atoms with van der Waals surface area (Å²) in [7, 11) is 5.88. The van der Waals surface area contributed by atoms with E-state index in [2.05, 4.69) is 0 Å². The molecule has 5 nitrogen and oxygen atoms in total. The SMILES string of the molecule is [B]c1ccc(OCc2ccccc2Cl)c(/C=C2\SC(=S)N(CC(=O)O)C2=O)c1. The lowest BCUT2D eigenvalue weighted by atomic mass is 9.94. The highest BCUT2D eigenvalue weighted by atomic mass is 35.5. The van der Waals surface area contributed by atoms with Crippen LogP contribution in [0.25, 0.3) is 6.08 Å². The smallest absolute Gasteiger partial charge is 0.323 e. The van der Waals surface area contributed by atoms with Crippen LogP contribution in [0, 0.1) is 0 Å². The van der Waals surface area contributed by atoms with Crippen molar-refractivity contribution in [1.29, 1.82) is 0 Å². The van der Waals surface area contributed by atoms with E-state index >= 15 is 0 Å². The minimum absolute atomic E-state index is 0.195. The van der Waals surface area contributed by atoms with Crippen molar-refractivity contribution in [2.24, 2.45) is 0 Å². The summed E-state index contributed by atoms with van der Waals surface area (Å²) in [6.07, 6.45) is 1.60. The van der Waals surface area contributed by atoms with Crippen LogP contribution in [0.1, 0.15) is 11.1 Å². The van der Waals surface area contributed by atoms with Gasteiger partial charge in [0.1, 0.15) is 31.1 Å². The van der Waals surface area contributed by atoms with Crippen LogP contribution in [0.4, 0.5) is 0 Å². The molecule has 1 N–H and O–H groups in total. The van der Waals surface area contributed by atoms with Crippen LogP contribution in [0.2, 0.25) is 5.02 Å². The number of thioether (sulfide) groups is 1. The van der Waals surface area contributed by atoms with Crippen molar-refractivity contribution >= 4 is 71.2 Å². The Labute approximate surface area is 177 Å². The molecule has 28 heavy (non-hydrogen) atoms. The van der Waals surface area contributed by atoms with Crippen LogP contribution in [-0.2, 0) is 16.2 Å². The quantitative estimate of drug-likeness (QED) is 0.433. The lowest BCUT2D eigenvalue weighted by Gasteiger charge is -2.12. The Morgan fingerprint density at radius 1 is 1.32 bits per heavy atom. The topological polar surface area (TPSA) is 66.8 Å². The van der Waals surface area contributed by atoms with E-state index in [0.29, 0.717) is 26.7 Å². The van der Waals surface area contributed by atoms with Crippen molar-refractivity contribution < 1.29 is 19.4 Å². The highest BCUT2D eigenvalue weighted by Gasteiger charge is 2.33. The van der Waals surface area contributed by atoms with Gasteiger partial charge in [-0.2, -0.15) is 0 Å². The molecule has 0 atom stereocenters. The molecule has 0 aliphatic carbocycles. The van der Waals surface area contributed by atoms with Gasteiger partial charge in [-0.05, 0) is 18.2 Å². The molecule has 1 aliphatic rings. The first-order chi connectivity index (χ1) is 13.3. The Morgan fingerprint density at radius 3 is 2.79 bits per heavy atom. The van der Waals surface area contributed by atoms with E-state index in [0.717, 1.165) is 22.2 Å². The highest BCUT2D eigenvalue weighted by Crippen LogP contribution is 2.34. The van der Waals surface area contributed by atoms with E-state index in [4.69, 9.17) is 41.5 Å². The molecule has 0 aromatic heterocycles. The van der Waals surface area contributed by atoms with Gasteiger partial charge in [-0.15, -0.1) is 0 Å². The average Bonchev–Trinajstić information content (AvgIpc) is 2.89. The summed E-state index contributed by atoms with van der Waals surface area (Å²) in [4.78, 5) is 24.8. The minimum atomic E-state index is -1.13. The Bertz CT molecular complexity index is 996. The molecule has 2 aromatic carbocycles. The molecule has 1 fully saturated rings. The zero-order valence-corrected chi connectivity index (χ0v) is 16.8. The molecule has 3 rings (SSSR count). The number of carboxylic acid groups (broad SMARTS) is 1. The van der Waals surface area contributed by atoms with Crippen LogP contribution in [0.5, 0.6) is 5.75 Å². The molecule has 2 aromatic rings. The Hall–Kier alpha value is -2.29. The summed E-state index contributed by atoms with van der Waals surface area (Å²) < 4.78 is 6.07. The number of carbonyl (C=O) groups excluding carboxylic acids is 1. The van der Waals surface area contributed by atoms with Gasteiger partial charge in [0.15, 0.2) is 0 Å². The number of carbonyl (C=O) groups is 2. The Morgan fingerprint density at radius 2 is 2.07 bits per heavy atom. The van der Waals surface area contributed by atoms with E-state index in [-0.39, 0.29) is 10.9 Å². The van der Waals surface area contributed by atoms with E-state index in [9.17, 15) is 9.59 Å². The van der Waals surface area contributed by atoms with Crippen molar-refractivity contribution in [2.45, 2.75) is 6.61 Å². The molecule has 1 amide bonds. The van der Waals surface area contributed by atoms with Crippen LogP contribution in [-0.4, -0.2) is 40.6 Å². The average molecular weight is 430 g/mol. The van der Waals surface area contributed by atoms with Crippen molar-refractivity contribution in [3.63, 3.8) is 0 Å². The lowest BCUT2D eigenvalue weighted by molar-refractivity contribution is -0.140. The Balaban J connectivity index is 1.86. The standard InChI is InChI=1S/C19H13BClNO4S2/c20-13-5-6-15(26-10-11-3-1-2-4-14(11)21)12(7-13)8-16-18(25)22(9-17(23)24)19(27)28-16/h1-8H,9-10H2,(H,23,24)/b16-8-. The number of hydrogen-bond acceptors (Lipinski definition) is 5. The maximum atomic E-state index is 12.5. The highest BCUT2D eigenvalue weighted by molar-refractivity contribution is 8.26. The van der Waals surface area contributed by atoms with Gasteiger partial charge in [0.2, 0.25) is 0 Å². The lowest BCUT2D eigenvalue weighted by Crippen LogP contribution is -2.33. The van der Waals surface area contributed by atoms with Crippen LogP contribution >= 0.6 is 35.6 Å². The first-order valence-corrected chi connectivity index (χ1v) is 9.68. The first kappa shape index (κ1) is 20.4. The van der Waals surface area contributed by atoms with E-state index in [1.807, 2.05) is 18.2 Å². The first-order valence-electron chi connectivity index (χ1n) is 8.08. The molecule has 2 radical (unpaired) electrons. The predicted molar refractivity (Wildman–Crippen MR) is 115 cm³/mol. The molecular formula is C19H13BClNO4S2. The van der Waals surface area contributed by atoms with Crippen molar-refractivity contribution in [3.05, 3.63) is 63.5 Å². The van der Waals surface area contributed by atoms with Gasteiger partial charge >= 0.3 is 5.97 Å². The van der Waals surface area contributed by atoms with E-state index < -0.39 is 18.4 Å². The van der Waals surface area contributed by atoms with Crippen LogP contribution < -0.4 is 10.2 Å². The van der Waals surface area contributed by atoms with E-state index in [1.165, 1.54) is 0 Å². The van der Waals surface area contributed by atoms with Crippen LogP contribution in [0.3, 0.4) is 0 Å². The fourth-order valence-electron chi connectivity index (χ4n) is 2.49. The summed E-state index contributed by atoms with van der Waals surface area (Å²) >= 11 is 12.3. The predicted octanol–water partition coefficient (Wildman–Crippen LogP) is 3.00. The molecule has 1 aliphatic heterocycles. The van der Waals surface area contributed by atoms with Gasteiger partial charge in [-0.1, -0.05) is 71.4 Å². The number of rotatable bonds is 6. The third-order valence-electron chi connectivity index (χ3n) is 3.83. The molecule has 0 bridgehead atoms. The van der Waals surface area contributed by atoms with Crippen molar-refractivity contribution in [3.8, 4) is 5.75 Å². The molecule has 140 valence electrons. The second-order valence-electron chi connectivity index (χ2n) is 5.84. The van der Waals surface area contributed by atoms with Gasteiger partial charge in [0, 0.05) is 16.1 Å². The summed E-state index contributed by atoms with van der Waals surface area (Å²) in [5.41, 5.74) is 1.90. The number of aliphatic carboxylic acids is 1. The van der Waals surface area contributed by atoms with Crippen molar-refractivity contribution in [1.82, 2.24) is 4.90 Å². The molecular weight excluding hydrogens is 417 g/mol. The zero-order valence-electron chi connectivity index (χ0n) is 14.4. The maximum absolute atomic E-state index is 12.5. The summed E-state index contributed by atoms with van der Waals surface area (Å²) in [6, 6.07) is 12.4. The third kappa shape index (κ3) is 4.76. The number of hydrogen-bond donors (Lipinski definition) is 1. The number of thiocarbonyl (C=S) groups is 1.